The standard InChI is InChI=1S/C19H28N2O3S/c1-12-5-6-13(2)18(9-12)21(25(4,23)24)14(3)19(22)20-17-11-15-7-8-16(17)10-15/h5-6,9,14-17H,7-8,10-11H2,1-4H3,(H,20,22)/t14-,15-,16-,17+/m0/s1. The third-order valence-corrected chi connectivity index (χ3v) is 6.98. The number of amides is 1. The number of hydrogen-bond donors (Lipinski definition) is 1. The van der Waals surface area contributed by atoms with Gasteiger partial charge < -0.3 is 5.32 Å². The summed E-state index contributed by atoms with van der Waals surface area (Å²) in [4.78, 5) is 12.8. The summed E-state index contributed by atoms with van der Waals surface area (Å²) in [6, 6.07) is 5.10. The summed E-state index contributed by atoms with van der Waals surface area (Å²) in [7, 11) is -3.57. The summed E-state index contributed by atoms with van der Waals surface area (Å²) in [5.74, 6) is 1.09. The second-order valence-electron chi connectivity index (χ2n) is 7.81. The van der Waals surface area contributed by atoms with Gasteiger partial charge in [0.05, 0.1) is 11.9 Å². The Morgan fingerprint density at radius 2 is 1.96 bits per heavy atom. The van der Waals surface area contributed by atoms with Gasteiger partial charge in [0.25, 0.3) is 0 Å². The number of aryl methyl sites for hydroxylation is 2. The molecule has 25 heavy (non-hydrogen) atoms. The molecule has 138 valence electrons. The predicted octanol–water partition coefficient (Wildman–Crippen LogP) is 2.76. The van der Waals surface area contributed by atoms with Crippen molar-refractivity contribution in [3.05, 3.63) is 29.3 Å². The molecule has 2 aliphatic carbocycles. The van der Waals surface area contributed by atoms with Crippen LogP contribution in [0.2, 0.25) is 0 Å². The maximum Gasteiger partial charge on any atom is 0.243 e. The van der Waals surface area contributed by atoms with Crippen molar-refractivity contribution in [1.29, 1.82) is 0 Å². The third kappa shape index (κ3) is 3.68. The van der Waals surface area contributed by atoms with Gasteiger partial charge in [-0.25, -0.2) is 8.42 Å². The fraction of sp³-hybridized carbons (Fsp3) is 0.632. The summed E-state index contributed by atoms with van der Waals surface area (Å²) in [5, 5.41) is 3.12. The van der Waals surface area contributed by atoms with Crippen LogP contribution in [0.1, 0.15) is 43.7 Å². The van der Waals surface area contributed by atoms with E-state index < -0.39 is 16.1 Å². The Bertz CT molecular complexity index is 775. The van der Waals surface area contributed by atoms with Crippen molar-refractivity contribution in [2.45, 2.75) is 58.5 Å². The molecular weight excluding hydrogens is 336 g/mol. The zero-order valence-electron chi connectivity index (χ0n) is 15.5. The van der Waals surface area contributed by atoms with E-state index in [4.69, 9.17) is 0 Å². The molecule has 0 aromatic heterocycles. The summed E-state index contributed by atoms with van der Waals surface area (Å²) >= 11 is 0. The van der Waals surface area contributed by atoms with Gasteiger partial charge in [-0.05, 0) is 69.1 Å². The van der Waals surface area contributed by atoms with Crippen molar-refractivity contribution in [3.8, 4) is 0 Å². The Hall–Kier alpha value is -1.56. The highest BCUT2D eigenvalue weighted by atomic mass is 32.2. The van der Waals surface area contributed by atoms with Gasteiger partial charge in [-0.2, -0.15) is 0 Å². The first-order chi connectivity index (χ1) is 11.7. The van der Waals surface area contributed by atoms with Crippen LogP contribution in [0.5, 0.6) is 0 Å². The predicted molar refractivity (Wildman–Crippen MR) is 100 cm³/mol. The molecule has 1 aromatic carbocycles. The van der Waals surface area contributed by atoms with Gasteiger partial charge in [0.15, 0.2) is 0 Å². The molecule has 0 radical (unpaired) electrons. The smallest absolute Gasteiger partial charge is 0.243 e. The van der Waals surface area contributed by atoms with Crippen LogP contribution in [0.15, 0.2) is 18.2 Å². The van der Waals surface area contributed by atoms with Crippen LogP contribution in [0.3, 0.4) is 0 Å². The molecule has 1 amide bonds. The van der Waals surface area contributed by atoms with E-state index in [0.29, 0.717) is 11.6 Å². The molecule has 0 heterocycles. The van der Waals surface area contributed by atoms with Crippen molar-refractivity contribution >= 4 is 21.6 Å². The van der Waals surface area contributed by atoms with Gasteiger partial charge in [-0.3, -0.25) is 9.10 Å². The van der Waals surface area contributed by atoms with E-state index in [1.807, 2.05) is 32.0 Å². The van der Waals surface area contributed by atoms with Gasteiger partial charge in [-0.15, -0.1) is 0 Å². The van der Waals surface area contributed by atoms with E-state index in [0.717, 1.165) is 29.7 Å². The second-order valence-corrected chi connectivity index (χ2v) is 9.67. The van der Waals surface area contributed by atoms with Gasteiger partial charge in [0, 0.05) is 6.04 Å². The minimum absolute atomic E-state index is 0.203. The second kappa shape index (κ2) is 6.63. The largest absolute Gasteiger partial charge is 0.351 e. The lowest BCUT2D eigenvalue weighted by Crippen LogP contribution is -2.51. The Morgan fingerprint density at radius 3 is 2.52 bits per heavy atom. The number of rotatable bonds is 5. The normalized spacial score (nSPS) is 26.5. The molecule has 2 saturated carbocycles. The summed E-state index contributed by atoms with van der Waals surface area (Å²) < 4.78 is 26.2. The summed E-state index contributed by atoms with van der Waals surface area (Å²) in [5.41, 5.74) is 2.39. The lowest BCUT2D eigenvalue weighted by molar-refractivity contribution is -0.122. The number of fused-ring (bicyclic) bond motifs is 2. The van der Waals surface area contributed by atoms with E-state index in [2.05, 4.69) is 5.32 Å². The lowest BCUT2D eigenvalue weighted by Gasteiger charge is -2.32. The Kier molecular flexibility index (Phi) is 4.84. The Labute approximate surface area is 150 Å². The number of carbonyl (C=O) groups excluding carboxylic acids is 1. The van der Waals surface area contributed by atoms with E-state index in [1.54, 1.807) is 6.92 Å². The summed E-state index contributed by atoms with van der Waals surface area (Å²) in [6.07, 6.45) is 5.84. The number of nitrogens with zero attached hydrogens (tertiary/aromatic N) is 1. The van der Waals surface area contributed by atoms with Crippen LogP contribution in [-0.4, -0.2) is 32.7 Å². The fourth-order valence-electron chi connectivity index (χ4n) is 4.46. The molecule has 3 rings (SSSR count). The van der Waals surface area contributed by atoms with Crippen molar-refractivity contribution in [2.75, 3.05) is 10.6 Å². The SMILES string of the molecule is Cc1ccc(C)c(N([C@@H](C)C(=O)N[C@@H]2C[C@H]3CC[C@H]2C3)S(C)(=O)=O)c1. The minimum atomic E-state index is -3.57. The third-order valence-electron chi connectivity index (χ3n) is 5.76. The summed E-state index contributed by atoms with van der Waals surface area (Å²) in [6.45, 7) is 5.46. The molecule has 0 spiro atoms. The maximum atomic E-state index is 12.8. The van der Waals surface area contributed by atoms with Gasteiger partial charge in [0.1, 0.15) is 6.04 Å². The first-order valence-corrected chi connectivity index (χ1v) is 10.9. The monoisotopic (exact) mass is 364 g/mol. The molecule has 4 atom stereocenters. The van der Waals surface area contributed by atoms with Crippen LogP contribution in [0, 0.1) is 25.7 Å². The van der Waals surface area contributed by atoms with Crippen molar-refractivity contribution in [3.63, 3.8) is 0 Å². The van der Waals surface area contributed by atoms with Gasteiger partial charge in [0.2, 0.25) is 15.9 Å². The Morgan fingerprint density at radius 1 is 1.24 bits per heavy atom. The van der Waals surface area contributed by atoms with Crippen molar-refractivity contribution in [1.82, 2.24) is 5.32 Å². The van der Waals surface area contributed by atoms with Gasteiger partial charge >= 0.3 is 0 Å². The molecule has 0 unspecified atom stereocenters. The number of anilines is 1. The highest BCUT2D eigenvalue weighted by Crippen LogP contribution is 2.44. The molecule has 5 nitrogen and oxygen atoms in total. The van der Waals surface area contributed by atoms with E-state index in [9.17, 15) is 13.2 Å². The molecule has 2 fully saturated rings. The van der Waals surface area contributed by atoms with Crippen LogP contribution >= 0.6 is 0 Å². The molecule has 0 saturated heterocycles. The van der Waals surface area contributed by atoms with Crippen LogP contribution in [-0.2, 0) is 14.8 Å². The van der Waals surface area contributed by atoms with Gasteiger partial charge in [-0.1, -0.05) is 18.6 Å². The van der Waals surface area contributed by atoms with Crippen molar-refractivity contribution in [2.24, 2.45) is 11.8 Å². The molecular formula is C19H28N2O3S. The van der Waals surface area contributed by atoms with E-state index in [-0.39, 0.29) is 11.9 Å². The number of carbonyl (C=O) groups is 1. The van der Waals surface area contributed by atoms with Crippen LogP contribution in [0.4, 0.5) is 5.69 Å². The zero-order valence-corrected chi connectivity index (χ0v) is 16.3. The minimum Gasteiger partial charge on any atom is -0.351 e. The molecule has 2 bridgehead atoms. The molecule has 1 N–H and O–H groups in total. The van der Waals surface area contributed by atoms with Crippen molar-refractivity contribution < 1.29 is 13.2 Å². The van der Waals surface area contributed by atoms with E-state index in [1.165, 1.54) is 23.6 Å². The Balaban J connectivity index is 1.83. The molecule has 2 aliphatic rings. The van der Waals surface area contributed by atoms with Crippen LogP contribution in [0.25, 0.3) is 0 Å². The average Bonchev–Trinajstić information content (AvgIpc) is 3.12. The highest BCUT2D eigenvalue weighted by Gasteiger charge is 2.41. The molecule has 0 aliphatic heterocycles. The quantitative estimate of drug-likeness (QED) is 0.874. The maximum absolute atomic E-state index is 12.8. The fourth-order valence-corrected chi connectivity index (χ4v) is 5.69. The highest BCUT2D eigenvalue weighted by molar-refractivity contribution is 7.92. The first-order valence-electron chi connectivity index (χ1n) is 9.04. The average molecular weight is 365 g/mol. The van der Waals surface area contributed by atoms with Crippen LogP contribution < -0.4 is 9.62 Å². The number of hydrogen-bond acceptors (Lipinski definition) is 3. The van der Waals surface area contributed by atoms with E-state index >= 15 is 0 Å². The lowest BCUT2D eigenvalue weighted by atomic mass is 9.95. The number of sulfonamides is 1. The first kappa shape index (κ1) is 18.2. The number of nitrogens with one attached hydrogen (secondary N) is 1. The topological polar surface area (TPSA) is 66.5 Å². The zero-order chi connectivity index (χ0) is 18.4. The number of benzene rings is 1. The molecule has 6 heteroatoms. The molecule has 1 aromatic rings.